The van der Waals surface area contributed by atoms with Crippen molar-refractivity contribution in [3.8, 4) is 5.75 Å². The van der Waals surface area contributed by atoms with Gasteiger partial charge in [-0.1, -0.05) is 36.7 Å². The Morgan fingerprint density at radius 2 is 1.69 bits per heavy atom. The predicted molar refractivity (Wildman–Crippen MR) is 77.6 cm³/mol. The summed E-state index contributed by atoms with van der Waals surface area (Å²) in [5, 5.41) is 9.86. The first kappa shape index (κ1) is 14.5. The van der Waals surface area contributed by atoms with Gasteiger partial charge < -0.3 is 10.8 Å². The van der Waals surface area contributed by atoms with Crippen LogP contribution in [0.4, 0.5) is 0 Å². The van der Waals surface area contributed by atoms with Crippen molar-refractivity contribution in [3.63, 3.8) is 0 Å². The summed E-state index contributed by atoms with van der Waals surface area (Å²) >= 11 is 10.1. The highest BCUT2D eigenvalue weighted by atomic mass is 79.9. The molecule has 0 radical (unpaired) electrons. The Balaban J connectivity index is 3.40. The van der Waals surface area contributed by atoms with Crippen LogP contribution in [-0.2, 0) is 0 Å². The number of halogens is 3. The first-order valence-electron chi connectivity index (χ1n) is 4.78. The normalized spacial score (nSPS) is 13.9. The maximum atomic E-state index is 9.86. The van der Waals surface area contributed by atoms with E-state index in [0.29, 0.717) is 8.95 Å². The molecular formula is C11H14Br3NO. The highest BCUT2D eigenvalue weighted by molar-refractivity contribution is 9.11. The van der Waals surface area contributed by atoms with E-state index in [2.05, 4.69) is 68.6 Å². The van der Waals surface area contributed by atoms with Gasteiger partial charge in [0.15, 0.2) is 0 Å². The summed E-state index contributed by atoms with van der Waals surface area (Å²) in [4.78, 5) is 0. The fraction of sp³-hybridized carbons (Fsp3) is 0.455. The maximum absolute atomic E-state index is 9.86. The highest BCUT2D eigenvalue weighted by Gasteiger charge is 2.27. The molecule has 0 aliphatic carbocycles. The molecule has 0 spiro atoms. The second kappa shape index (κ2) is 4.96. The third-order valence-electron chi connectivity index (χ3n) is 2.43. The van der Waals surface area contributed by atoms with E-state index in [0.717, 1.165) is 10.0 Å². The molecule has 1 aromatic rings. The van der Waals surface area contributed by atoms with Crippen LogP contribution in [-0.4, -0.2) is 5.11 Å². The van der Waals surface area contributed by atoms with Crippen molar-refractivity contribution < 1.29 is 5.11 Å². The van der Waals surface area contributed by atoms with Gasteiger partial charge in [0.05, 0.1) is 8.95 Å². The Kier molecular flexibility index (Phi) is 4.49. The summed E-state index contributed by atoms with van der Waals surface area (Å²) in [6, 6.07) is 1.64. The average molecular weight is 416 g/mol. The Hall–Kier alpha value is 0.420. The molecule has 0 fully saturated rings. The van der Waals surface area contributed by atoms with Crippen LogP contribution in [0.5, 0.6) is 5.75 Å². The van der Waals surface area contributed by atoms with Crippen molar-refractivity contribution in [2.45, 2.75) is 26.8 Å². The highest BCUT2D eigenvalue weighted by Crippen LogP contribution is 2.45. The molecule has 0 amide bonds. The first-order valence-corrected chi connectivity index (χ1v) is 7.16. The number of benzene rings is 1. The lowest BCUT2D eigenvalue weighted by molar-refractivity contribution is 0.324. The van der Waals surface area contributed by atoms with Gasteiger partial charge in [-0.25, -0.2) is 0 Å². The lowest BCUT2D eigenvalue weighted by Crippen LogP contribution is -2.27. The van der Waals surface area contributed by atoms with Crippen molar-refractivity contribution in [3.05, 3.63) is 25.0 Å². The topological polar surface area (TPSA) is 46.2 Å². The van der Waals surface area contributed by atoms with Crippen LogP contribution in [0.25, 0.3) is 0 Å². The van der Waals surface area contributed by atoms with Gasteiger partial charge in [0.25, 0.3) is 0 Å². The molecular weight excluding hydrogens is 402 g/mol. The van der Waals surface area contributed by atoms with Crippen LogP contribution in [0.2, 0.25) is 0 Å². The van der Waals surface area contributed by atoms with Gasteiger partial charge in [0.2, 0.25) is 0 Å². The Labute approximate surface area is 121 Å². The van der Waals surface area contributed by atoms with Crippen molar-refractivity contribution in [2.75, 3.05) is 0 Å². The van der Waals surface area contributed by atoms with Gasteiger partial charge in [0, 0.05) is 16.1 Å². The van der Waals surface area contributed by atoms with Gasteiger partial charge in [-0.2, -0.15) is 0 Å². The minimum atomic E-state index is -0.171. The van der Waals surface area contributed by atoms with E-state index in [1.165, 1.54) is 0 Å². The van der Waals surface area contributed by atoms with Crippen molar-refractivity contribution >= 4 is 47.8 Å². The summed E-state index contributed by atoms with van der Waals surface area (Å²) in [6.07, 6.45) is 0. The van der Waals surface area contributed by atoms with Crippen molar-refractivity contribution in [1.82, 2.24) is 0 Å². The summed E-state index contributed by atoms with van der Waals surface area (Å²) in [6.45, 7) is 6.20. The minimum absolute atomic E-state index is 0.0781. The van der Waals surface area contributed by atoms with Gasteiger partial charge in [-0.3, -0.25) is 0 Å². The molecule has 0 bridgehead atoms. The van der Waals surface area contributed by atoms with Crippen LogP contribution >= 0.6 is 47.8 Å². The lowest BCUT2D eigenvalue weighted by Gasteiger charge is -2.29. The monoisotopic (exact) mass is 413 g/mol. The number of hydrogen-bond donors (Lipinski definition) is 2. The fourth-order valence-corrected chi connectivity index (χ4v) is 3.93. The molecule has 0 aliphatic rings. The SMILES string of the molecule is CC(C)(C)[C@@H](N)c1c(Br)cc(Br)c(O)c1Br. The number of aromatic hydroxyl groups is 1. The molecule has 90 valence electrons. The van der Waals surface area contributed by atoms with Crippen LogP contribution in [0.1, 0.15) is 32.4 Å². The van der Waals surface area contributed by atoms with E-state index in [1.807, 2.05) is 0 Å². The Morgan fingerprint density at radius 3 is 2.12 bits per heavy atom. The van der Waals surface area contributed by atoms with E-state index in [1.54, 1.807) is 6.07 Å². The molecule has 0 aromatic heterocycles. The van der Waals surface area contributed by atoms with E-state index < -0.39 is 0 Å². The summed E-state index contributed by atoms with van der Waals surface area (Å²) in [7, 11) is 0. The van der Waals surface area contributed by atoms with E-state index in [-0.39, 0.29) is 17.2 Å². The summed E-state index contributed by atoms with van der Waals surface area (Å²) < 4.78 is 2.15. The van der Waals surface area contributed by atoms with Gasteiger partial charge in [0.1, 0.15) is 5.75 Å². The molecule has 0 unspecified atom stereocenters. The molecule has 1 rings (SSSR count). The maximum Gasteiger partial charge on any atom is 0.144 e. The van der Waals surface area contributed by atoms with Crippen LogP contribution in [0.15, 0.2) is 19.5 Å². The predicted octanol–water partition coefficient (Wildman–Crippen LogP) is 4.73. The zero-order valence-corrected chi connectivity index (χ0v) is 14.1. The standard InChI is InChI=1S/C11H14Br3NO/c1-11(2,3)10(15)7-5(12)4-6(13)9(16)8(7)14/h4,10,16H,15H2,1-3H3/t10-/m0/s1. The van der Waals surface area contributed by atoms with Gasteiger partial charge >= 0.3 is 0 Å². The first-order chi connectivity index (χ1) is 7.16. The van der Waals surface area contributed by atoms with Crippen LogP contribution < -0.4 is 5.73 Å². The summed E-state index contributed by atoms with van der Waals surface area (Å²) in [5.74, 6) is 0.179. The van der Waals surface area contributed by atoms with E-state index in [9.17, 15) is 5.11 Å². The Bertz CT molecular complexity index is 413. The molecule has 0 heterocycles. The molecule has 2 nitrogen and oxygen atoms in total. The van der Waals surface area contributed by atoms with Crippen molar-refractivity contribution in [1.29, 1.82) is 0 Å². The minimum Gasteiger partial charge on any atom is -0.506 e. The Morgan fingerprint density at radius 1 is 1.19 bits per heavy atom. The number of phenolic OH excluding ortho intramolecular Hbond substituents is 1. The number of nitrogens with two attached hydrogens (primary N) is 1. The van der Waals surface area contributed by atoms with E-state index >= 15 is 0 Å². The van der Waals surface area contributed by atoms with E-state index in [4.69, 9.17) is 5.73 Å². The molecule has 5 heteroatoms. The molecule has 0 saturated heterocycles. The number of rotatable bonds is 1. The zero-order valence-electron chi connectivity index (χ0n) is 9.31. The molecule has 3 N–H and O–H groups in total. The third-order valence-corrected chi connectivity index (χ3v) is 4.49. The molecule has 1 atom stereocenters. The van der Waals surface area contributed by atoms with Gasteiger partial charge in [-0.05, 0) is 43.3 Å². The van der Waals surface area contributed by atoms with Crippen LogP contribution in [0.3, 0.4) is 0 Å². The molecule has 0 aliphatic heterocycles. The third kappa shape index (κ3) is 2.81. The molecule has 0 saturated carbocycles. The average Bonchev–Trinajstić information content (AvgIpc) is 2.13. The quantitative estimate of drug-likeness (QED) is 0.696. The molecule has 16 heavy (non-hydrogen) atoms. The largest absolute Gasteiger partial charge is 0.506 e. The fourth-order valence-electron chi connectivity index (χ4n) is 1.31. The second-order valence-electron chi connectivity index (χ2n) is 4.76. The second-order valence-corrected chi connectivity index (χ2v) is 7.26. The summed E-state index contributed by atoms with van der Waals surface area (Å²) in [5.41, 5.74) is 7.01. The molecule has 1 aromatic carbocycles. The number of hydrogen-bond acceptors (Lipinski definition) is 2. The smallest absolute Gasteiger partial charge is 0.144 e. The zero-order chi connectivity index (χ0) is 12.7. The van der Waals surface area contributed by atoms with Crippen LogP contribution in [0, 0.1) is 5.41 Å². The van der Waals surface area contributed by atoms with Crippen molar-refractivity contribution in [2.24, 2.45) is 11.1 Å². The van der Waals surface area contributed by atoms with Gasteiger partial charge in [-0.15, -0.1) is 0 Å². The lowest BCUT2D eigenvalue weighted by atomic mass is 9.83. The number of phenols is 1.